The van der Waals surface area contributed by atoms with E-state index in [4.69, 9.17) is 4.74 Å². The second-order valence-corrected chi connectivity index (χ2v) is 7.81. The fourth-order valence-electron chi connectivity index (χ4n) is 4.24. The molecule has 28 heavy (non-hydrogen) atoms. The van der Waals surface area contributed by atoms with E-state index in [0.29, 0.717) is 6.04 Å². The SMILES string of the molecule is CCC(CNC(=NC)NC1CCN(C2CCCC2)CC1)Oc1ccccc1.I. The summed E-state index contributed by atoms with van der Waals surface area (Å²) >= 11 is 0. The zero-order valence-corrected chi connectivity index (χ0v) is 19.7. The van der Waals surface area contributed by atoms with E-state index >= 15 is 0 Å². The van der Waals surface area contributed by atoms with Gasteiger partial charge in [0.15, 0.2) is 5.96 Å². The van der Waals surface area contributed by atoms with Crippen LogP contribution in [-0.4, -0.2) is 55.7 Å². The minimum Gasteiger partial charge on any atom is -0.489 e. The Balaban J connectivity index is 0.00000280. The van der Waals surface area contributed by atoms with Crippen molar-refractivity contribution in [3.8, 4) is 5.75 Å². The fraction of sp³-hybridized carbons (Fsp3) is 0.682. The number of nitrogens with one attached hydrogen (secondary N) is 2. The zero-order valence-electron chi connectivity index (χ0n) is 17.4. The summed E-state index contributed by atoms with van der Waals surface area (Å²) in [5.41, 5.74) is 0. The second-order valence-electron chi connectivity index (χ2n) is 7.81. The molecule has 1 saturated carbocycles. The Morgan fingerprint density at radius 3 is 2.43 bits per heavy atom. The summed E-state index contributed by atoms with van der Waals surface area (Å²) in [6, 6.07) is 11.4. The highest BCUT2D eigenvalue weighted by Crippen LogP contribution is 2.26. The summed E-state index contributed by atoms with van der Waals surface area (Å²) < 4.78 is 6.07. The average molecular weight is 500 g/mol. The molecule has 0 radical (unpaired) electrons. The number of nitrogens with zero attached hydrogens (tertiary/aromatic N) is 2. The summed E-state index contributed by atoms with van der Waals surface area (Å²) in [5.74, 6) is 1.82. The van der Waals surface area contributed by atoms with Gasteiger partial charge in [0.05, 0.1) is 6.54 Å². The third-order valence-corrected chi connectivity index (χ3v) is 5.93. The lowest BCUT2D eigenvalue weighted by Crippen LogP contribution is -2.51. The smallest absolute Gasteiger partial charge is 0.191 e. The number of ether oxygens (including phenoxy) is 1. The molecule has 1 saturated heterocycles. The minimum atomic E-state index is 0. The molecule has 0 aromatic heterocycles. The van der Waals surface area contributed by atoms with E-state index in [-0.39, 0.29) is 30.1 Å². The number of piperidine rings is 1. The molecule has 2 fully saturated rings. The van der Waals surface area contributed by atoms with E-state index in [1.165, 1.54) is 51.6 Å². The number of para-hydroxylation sites is 1. The number of benzene rings is 1. The van der Waals surface area contributed by atoms with Gasteiger partial charge in [0, 0.05) is 32.2 Å². The number of rotatable bonds is 7. The summed E-state index contributed by atoms with van der Waals surface area (Å²) in [6.45, 7) is 5.35. The van der Waals surface area contributed by atoms with Crippen molar-refractivity contribution in [2.45, 2.75) is 70.1 Å². The third kappa shape index (κ3) is 7.10. The van der Waals surface area contributed by atoms with E-state index < -0.39 is 0 Å². The number of likely N-dealkylation sites (tertiary alicyclic amines) is 1. The second kappa shape index (κ2) is 12.5. The summed E-state index contributed by atoms with van der Waals surface area (Å²) in [6.07, 6.45) is 9.15. The van der Waals surface area contributed by atoms with E-state index in [2.05, 4.69) is 27.4 Å². The summed E-state index contributed by atoms with van der Waals surface area (Å²) in [5, 5.41) is 7.07. The molecular weight excluding hydrogens is 463 g/mol. The summed E-state index contributed by atoms with van der Waals surface area (Å²) in [4.78, 5) is 7.13. The molecule has 2 aliphatic rings. The Labute approximate surface area is 187 Å². The summed E-state index contributed by atoms with van der Waals surface area (Å²) in [7, 11) is 1.85. The number of guanidine groups is 1. The fourth-order valence-corrected chi connectivity index (χ4v) is 4.24. The number of hydrogen-bond acceptors (Lipinski definition) is 3. The van der Waals surface area contributed by atoms with Gasteiger partial charge in [-0.25, -0.2) is 0 Å². The van der Waals surface area contributed by atoms with Gasteiger partial charge in [-0.2, -0.15) is 0 Å². The first kappa shape index (κ1) is 23.3. The Hall–Kier alpha value is -1.02. The first-order valence-corrected chi connectivity index (χ1v) is 10.7. The predicted molar refractivity (Wildman–Crippen MR) is 128 cm³/mol. The minimum absolute atomic E-state index is 0. The van der Waals surface area contributed by atoms with Gasteiger partial charge >= 0.3 is 0 Å². The number of hydrogen-bond donors (Lipinski definition) is 2. The molecule has 0 amide bonds. The third-order valence-electron chi connectivity index (χ3n) is 5.93. The highest BCUT2D eigenvalue weighted by molar-refractivity contribution is 14.0. The maximum absolute atomic E-state index is 6.07. The molecule has 1 unspecified atom stereocenters. The number of aliphatic imine (C=N–C) groups is 1. The lowest BCUT2D eigenvalue weighted by Gasteiger charge is -2.36. The monoisotopic (exact) mass is 500 g/mol. The Bertz CT molecular complexity index is 569. The molecule has 1 heterocycles. The van der Waals surface area contributed by atoms with Crippen molar-refractivity contribution >= 4 is 29.9 Å². The average Bonchev–Trinajstić information content (AvgIpc) is 3.26. The van der Waals surface area contributed by atoms with Crippen LogP contribution in [0.5, 0.6) is 5.75 Å². The molecule has 0 spiro atoms. The van der Waals surface area contributed by atoms with Crippen molar-refractivity contribution in [1.82, 2.24) is 15.5 Å². The standard InChI is InChI=1S/C22H36N4O.HI/c1-3-20(27-21-11-5-4-6-12-21)17-24-22(23-2)25-18-13-15-26(16-14-18)19-9-7-8-10-19;/h4-6,11-12,18-20H,3,7-10,13-17H2,1-2H3,(H2,23,24,25);1H. The Morgan fingerprint density at radius 2 is 1.82 bits per heavy atom. The van der Waals surface area contributed by atoms with Gasteiger partial charge in [-0.05, 0) is 44.2 Å². The molecule has 1 aliphatic carbocycles. The maximum atomic E-state index is 6.07. The van der Waals surface area contributed by atoms with Crippen LogP contribution in [-0.2, 0) is 0 Å². The number of halogens is 1. The van der Waals surface area contributed by atoms with Crippen molar-refractivity contribution in [2.24, 2.45) is 4.99 Å². The van der Waals surface area contributed by atoms with Crippen LogP contribution in [0.15, 0.2) is 35.3 Å². The van der Waals surface area contributed by atoms with Crippen LogP contribution in [0.4, 0.5) is 0 Å². The van der Waals surface area contributed by atoms with E-state index in [1.807, 2.05) is 37.4 Å². The quantitative estimate of drug-likeness (QED) is 0.337. The first-order chi connectivity index (χ1) is 13.3. The topological polar surface area (TPSA) is 48.9 Å². The van der Waals surface area contributed by atoms with Gasteiger partial charge < -0.3 is 20.3 Å². The molecule has 5 nitrogen and oxygen atoms in total. The molecule has 6 heteroatoms. The normalized spacial score (nSPS) is 20.4. The van der Waals surface area contributed by atoms with E-state index in [0.717, 1.165) is 30.7 Å². The molecule has 1 aromatic rings. The largest absolute Gasteiger partial charge is 0.489 e. The van der Waals surface area contributed by atoms with Crippen molar-refractivity contribution in [3.63, 3.8) is 0 Å². The molecule has 3 rings (SSSR count). The zero-order chi connectivity index (χ0) is 18.9. The van der Waals surface area contributed by atoms with Gasteiger partial charge in [0.1, 0.15) is 11.9 Å². The molecule has 2 N–H and O–H groups in total. The highest BCUT2D eigenvalue weighted by Gasteiger charge is 2.27. The molecule has 1 aliphatic heterocycles. The van der Waals surface area contributed by atoms with Gasteiger partial charge in [0.25, 0.3) is 0 Å². The predicted octanol–water partition coefficient (Wildman–Crippen LogP) is 4.03. The molecule has 1 atom stereocenters. The van der Waals surface area contributed by atoms with Crippen molar-refractivity contribution < 1.29 is 4.74 Å². The van der Waals surface area contributed by atoms with Crippen LogP contribution >= 0.6 is 24.0 Å². The van der Waals surface area contributed by atoms with Crippen LogP contribution in [0, 0.1) is 0 Å². The van der Waals surface area contributed by atoms with Gasteiger partial charge in [-0.3, -0.25) is 4.99 Å². The Kier molecular flexibility index (Phi) is 10.4. The van der Waals surface area contributed by atoms with Gasteiger partial charge in [-0.1, -0.05) is 38.0 Å². The molecule has 158 valence electrons. The molecular formula is C22H37IN4O. The van der Waals surface area contributed by atoms with Crippen LogP contribution in [0.1, 0.15) is 51.9 Å². The van der Waals surface area contributed by atoms with Gasteiger partial charge in [0.2, 0.25) is 0 Å². The van der Waals surface area contributed by atoms with E-state index in [9.17, 15) is 0 Å². The maximum Gasteiger partial charge on any atom is 0.191 e. The Morgan fingerprint density at radius 1 is 1.14 bits per heavy atom. The van der Waals surface area contributed by atoms with Crippen LogP contribution in [0.3, 0.4) is 0 Å². The van der Waals surface area contributed by atoms with Gasteiger partial charge in [-0.15, -0.1) is 24.0 Å². The molecule has 1 aromatic carbocycles. The molecule has 0 bridgehead atoms. The van der Waals surface area contributed by atoms with Crippen molar-refractivity contribution in [2.75, 3.05) is 26.7 Å². The highest BCUT2D eigenvalue weighted by atomic mass is 127. The van der Waals surface area contributed by atoms with Crippen LogP contribution < -0.4 is 15.4 Å². The van der Waals surface area contributed by atoms with Crippen LogP contribution in [0.25, 0.3) is 0 Å². The van der Waals surface area contributed by atoms with Crippen molar-refractivity contribution in [3.05, 3.63) is 30.3 Å². The van der Waals surface area contributed by atoms with E-state index in [1.54, 1.807) is 0 Å². The van der Waals surface area contributed by atoms with Crippen molar-refractivity contribution in [1.29, 1.82) is 0 Å². The van der Waals surface area contributed by atoms with Crippen LogP contribution in [0.2, 0.25) is 0 Å². The lowest BCUT2D eigenvalue weighted by molar-refractivity contribution is 0.150. The lowest BCUT2D eigenvalue weighted by atomic mass is 10.0. The first-order valence-electron chi connectivity index (χ1n) is 10.7.